The summed E-state index contributed by atoms with van der Waals surface area (Å²) in [4.78, 5) is 12.6. The summed E-state index contributed by atoms with van der Waals surface area (Å²) in [6.07, 6.45) is 3.91. The minimum atomic E-state index is -0.370. The van der Waals surface area contributed by atoms with E-state index in [1.165, 1.54) is 11.1 Å². The Hall–Kier alpha value is -3.88. The molecule has 0 radical (unpaired) electrons. The van der Waals surface area contributed by atoms with Crippen LogP contribution in [0, 0.1) is 5.82 Å². The van der Waals surface area contributed by atoms with Gasteiger partial charge in [-0.2, -0.15) is 10.2 Å². The van der Waals surface area contributed by atoms with E-state index in [9.17, 15) is 9.18 Å². The number of benzene rings is 2. The zero-order valence-electron chi connectivity index (χ0n) is 19.2. The second-order valence-electron chi connectivity index (χ2n) is 7.86. The number of carbonyl (C=O) groups is 1. The van der Waals surface area contributed by atoms with Crippen LogP contribution in [0.2, 0.25) is 0 Å². The lowest BCUT2D eigenvalue weighted by molar-refractivity contribution is 0.184. The average molecular weight is 452 g/mol. The van der Waals surface area contributed by atoms with Crippen molar-refractivity contribution in [2.75, 3.05) is 21.3 Å². The normalized spacial score (nSPS) is 15.4. The first kappa shape index (κ1) is 22.3. The zero-order valence-corrected chi connectivity index (χ0v) is 19.2. The predicted molar refractivity (Wildman–Crippen MR) is 123 cm³/mol. The van der Waals surface area contributed by atoms with Gasteiger partial charge in [-0.1, -0.05) is 0 Å². The summed E-state index contributed by atoms with van der Waals surface area (Å²) in [5.41, 5.74) is 3.97. The number of halogens is 1. The van der Waals surface area contributed by atoms with Crippen molar-refractivity contribution in [1.82, 2.24) is 20.1 Å². The molecule has 0 bridgehead atoms. The molecule has 1 aliphatic rings. The van der Waals surface area contributed by atoms with Crippen molar-refractivity contribution in [3.63, 3.8) is 0 Å². The highest BCUT2D eigenvalue weighted by molar-refractivity contribution is 6.15. The smallest absolute Gasteiger partial charge is 0.337 e. The minimum Gasteiger partial charge on any atom is -0.493 e. The van der Waals surface area contributed by atoms with Gasteiger partial charge in [0.1, 0.15) is 5.82 Å². The van der Waals surface area contributed by atoms with Crippen LogP contribution < -0.4 is 14.8 Å². The van der Waals surface area contributed by atoms with Crippen molar-refractivity contribution in [2.45, 2.75) is 19.4 Å². The van der Waals surface area contributed by atoms with E-state index in [2.05, 4.69) is 10.4 Å². The largest absolute Gasteiger partial charge is 0.493 e. The van der Waals surface area contributed by atoms with Gasteiger partial charge in [0.05, 0.1) is 32.2 Å². The maximum atomic E-state index is 14.8. The molecule has 0 saturated carbocycles. The van der Waals surface area contributed by atoms with Gasteiger partial charge in [-0.05, 0) is 49.2 Å². The van der Waals surface area contributed by atoms with Gasteiger partial charge in [-0.3, -0.25) is 4.68 Å². The Morgan fingerprint density at radius 1 is 1.12 bits per heavy atom. The van der Waals surface area contributed by atoms with E-state index in [1.807, 2.05) is 19.1 Å². The molecule has 9 heteroatoms. The third kappa shape index (κ3) is 4.13. The van der Waals surface area contributed by atoms with Crippen LogP contribution in [0.1, 0.15) is 23.6 Å². The highest BCUT2D eigenvalue weighted by atomic mass is 19.1. The van der Waals surface area contributed by atoms with E-state index in [0.717, 1.165) is 11.1 Å². The summed E-state index contributed by atoms with van der Waals surface area (Å²) in [5.74, 6) is 0.760. The van der Waals surface area contributed by atoms with Crippen LogP contribution in [0.3, 0.4) is 0 Å². The van der Waals surface area contributed by atoms with E-state index < -0.39 is 0 Å². The number of amides is 2. The first-order valence-electron chi connectivity index (χ1n) is 10.5. The Balaban J connectivity index is 1.95. The summed E-state index contributed by atoms with van der Waals surface area (Å²) in [6, 6.07) is 7.98. The Labute approximate surface area is 191 Å². The number of urea groups is 1. The van der Waals surface area contributed by atoms with Crippen LogP contribution in [-0.4, -0.2) is 53.8 Å². The molecule has 8 nitrogen and oxygen atoms in total. The molecular weight excluding hydrogens is 425 g/mol. The number of aromatic nitrogens is 2. The third-order valence-electron chi connectivity index (χ3n) is 5.68. The van der Waals surface area contributed by atoms with E-state index in [0.29, 0.717) is 40.3 Å². The van der Waals surface area contributed by atoms with E-state index >= 15 is 0 Å². The van der Waals surface area contributed by atoms with Crippen LogP contribution in [0.5, 0.6) is 11.5 Å². The van der Waals surface area contributed by atoms with Crippen molar-refractivity contribution in [3.8, 4) is 22.6 Å². The van der Waals surface area contributed by atoms with Crippen LogP contribution in [-0.2, 0) is 13.5 Å². The summed E-state index contributed by atoms with van der Waals surface area (Å²) >= 11 is 0. The minimum absolute atomic E-state index is 0.224. The molecule has 1 N–H and O–H groups in total. The molecule has 1 unspecified atom stereocenters. The molecule has 0 saturated heterocycles. The van der Waals surface area contributed by atoms with Crippen molar-refractivity contribution in [3.05, 3.63) is 65.2 Å². The Kier molecular flexibility index (Phi) is 6.04. The molecule has 2 amide bonds. The monoisotopic (exact) mass is 451 g/mol. The van der Waals surface area contributed by atoms with Crippen LogP contribution in [0.25, 0.3) is 11.1 Å². The number of carbonyl (C=O) groups excluding carboxylic acids is 1. The predicted octanol–water partition coefficient (Wildman–Crippen LogP) is 3.58. The van der Waals surface area contributed by atoms with Crippen molar-refractivity contribution < 1.29 is 18.7 Å². The summed E-state index contributed by atoms with van der Waals surface area (Å²) in [7, 11) is 6.48. The van der Waals surface area contributed by atoms with Gasteiger partial charge in [-0.25, -0.2) is 14.2 Å². The van der Waals surface area contributed by atoms with E-state index in [1.54, 1.807) is 57.5 Å². The lowest BCUT2D eigenvalue weighted by Gasteiger charge is -2.22. The second-order valence-corrected chi connectivity index (χ2v) is 7.86. The fourth-order valence-electron chi connectivity index (χ4n) is 4.00. The van der Waals surface area contributed by atoms with E-state index in [4.69, 9.17) is 14.6 Å². The van der Waals surface area contributed by atoms with Gasteiger partial charge in [0.15, 0.2) is 11.5 Å². The number of hydrogen-bond donors (Lipinski definition) is 1. The number of aryl methyl sites for hydroxylation is 1. The highest BCUT2D eigenvalue weighted by Gasteiger charge is 2.28. The quantitative estimate of drug-likeness (QED) is 0.658. The number of hydrazone groups is 1. The number of nitrogens with zero attached hydrogens (tertiary/aromatic N) is 4. The molecule has 0 fully saturated rings. The fraction of sp³-hybridized carbons (Fsp3) is 0.292. The third-order valence-corrected chi connectivity index (χ3v) is 5.68. The Morgan fingerprint density at radius 2 is 1.85 bits per heavy atom. The van der Waals surface area contributed by atoms with Gasteiger partial charge < -0.3 is 14.8 Å². The number of hydrogen-bond acceptors (Lipinski definition) is 5. The van der Waals surface area contributed by atoms with Crippen molar-refractivity contribution >= 4 is 11.7 Å². The molecule has 33 heavy (non-hydrogen) atoms. The molecule has 3 aromatic rings. The maximum Gasteiger partial charge on any atom is 0.337 e. The molecule has 2 heterocycles. The average Bonchev–Trinajstić information content (AvgIpc) is 3.19. The molecule has 0 spiro atoms. The van der Waals surface area contributed by atoms with Gasteiger partial charge in [0, 0.05) is 42.5 Å². The number of rotatable bonds is 4. The first-order valence-corrected chi connectivity index (χ1v) is 10.5. The fourth-order valence-corrected chi connectivity index (χ4v) is 4.00. The van der Waals surface area contributed by atoms with Crippen LogP contribution in [0.4, 0.5) is 9.18 Å². The summed E-state index contributed by atoms with van der Waals surface area (Å²) < 4.78 is 27.4. The second kappa shape index (κ2) is 8.93. The standard InChI is InChI=1S/C24H26FN5O3/c1-14-8-16-10-21(32-4)22(33-5)11-19(16)23(28-30(14)24(31)26-2)15-6-7-20(25)18(9-15)17-12-27-29(3)13-17/h6-7,9-14H,8H2,1-5H3,(H,26,31). The van der Waals surface area contributed by atoms with Crippen molar-refractivity contribution in [1.29, 1.82) is 0 Å². The van der Waals surface area contributed by atoms with Gasteiger partial charge in [-0.15, -0.1) is 0 Å². The highest BCUT2D eigenvalue weighted by Crippen LogP contribution is 2.35. The lowest BCUT2D eigenvalue weighted by atomic mass is 9.92. The molecule has 4 rings (SSSR count). The number of methoxy groups -OCH3 is 2. The van der Waals surface area contributed by atoms with Gasteiger partial charge >= 0.3 is 6.03 Å². The van der Waals surface area contributed by atoms with Crippen LogP contribution in [0.15, 0.2) is 47.8 Å². The lowest BCUT2D eigenvalue weighted by Crippen LogP contribution is -2.41. The van der Waals surface area contributed by atoms with Gasteiger partial charge in [0.2, 0.25) is 0 Å². The number of nitrogens with one attached hydrogen (secondary N) is 1. The molecular formula is C24H26FN5O3. The van der Waals surface area contributed by atoms with Crippen molar-refractivity contribution in [2.24, 2.45) is 12.1 Å². The summed E-state index contributed by atoms with van der Waals surface area (Å²) in [5, 5.41) is 13.0. The van der Waals surface area contributed by atoms with Crippen LogP contribution >= 0.6 is 0 Å². The molecule has 172 valence electrons. The number of ether oxygens (including phenoxy) is 2. The Bertz CT molecular complexity index is 1240. The molecule has 1 atom stereocenters. The molecule has 2 aromatic carbocycles. The topological polar surface area (TPSA) is 81.0 Å². The molecule has 1 aromatic heterocycles. The summed E-state index contributed by atoms with van der Waals surface area (Å²) in [6.45, 7) is 1.92. The molecule has 0 aliphatic carbocycles. The van der Waals surface area contributed by atoms with E-state index in [-0.39, 0.29) is 17.9 Å². The first-order chi connectivity index (χ1) is 15.9. The molecule has 1 aliphatic heterocycles. The zero-order chi connectivity index (χ0) is 23.7. The maximum absolute atomic E-state index is 14.8. The number of fused-ring (bicyclic) bond motifs is 1. The van der Waals surface area contributed by atoms with Gasteiger partial charge in [0.25, 0.3) is 0 Å². The SMILES string of the molecule is CNC(=O)N1N=C(c2ccc(F)c(-c3cnn(C)c3)c2)c2cc(OC)c(OC)cc2CC1C. The Morgan fingerprint density at radius 3 is 2.48 bits per heavy atom.